The average molecular weight is 400 g/mol. The van der Waals surface area contributed by atoms with Crippen molar-refractivity contribution in [3.8, 4) is 17.2 Å². The van der Waals surface area contributed by atoms with Crippen molar-refractivity contribution >= 4 is 10.1 Å². The van der Waals surface area contributed by atoms with Crippen molar-refractivity contribution in [2.45, 2.75) is 56.8 Å². The largest absolute Gasteiger partial charge is 1.00 e. The molecular weight excluding hydrogens is 375 g/mol. The van der Waals surface area contributed by atoms with Gasteiger partial charge in [0.05, 0.1) is 0 Å². The van der Waals surface area contributed by atoms with Crippen molar-refractivity contribution < 1.29 is 52.4 Å². The van der Waals surface area contributed by atoms with Gasteiger partial charge in [-0.2, -0.15) is 8.42 Å². The standard InChI is InChI=1S/C20H26O5S.Na/c1-2-3-4-5-6-8-11-16-14-15-18(26(22,23)24)20(19(16)21)25-17-12-9-7-10-13-17;/h7,9-10,12-15,21H,2-6,8,11H2,1H3,(H,22,23,24);/q;+1/p-1. The minimum absolute atomic E-state index is 0. The molecule has 0 bridgehead atoms. The summed E-state index contributed by atoms with van der Waals surface area (Å²) in [5.41, 5.74) is 0.499. The number of unbranched alkanes of at least 4 members (excludes halogenated alkanes) is 5. The summed E-state index contributed by atoms with van der Waals surface area (Å²) in [6.07, 6.45) is 7.14. The maximum atomic E-state index is 12.7. The van der Waals surface area contributed by atoms with Crippen LogP contribution in [-0.4, -0.2) is 13.0 Å². The monoisotopic (exact) mass is 400 g/mol. The zero-order valence-electron chi connectivity index (χ0n) is 16.0. The Labute approximate surface area is 183 Å². The van der Waals surface area contributed by atoms with E-state index < -0.39 is 20.8 Å². The molecule has 1 N–H and O–H groups in total. The molecular formula is C20H25NaO5S. The maximum Gasteiger partial charge on any atom is 1.00 e. The molecule has 0 heterocycles. The molecule has 2 rings (SSSR count). The van der Waals surface area contributed by atoms with Gasteiger partial charge >= 0.3 is 29.6 Å². The van der Waals surface area contributed by atoms with E-state index in [4.69, 9.17) is 4.74 Å². The van der Waals surface area contributed by atoms with Gasteiger partial charge in [0.2, 0.25) is 0 Å². The summed E-state index contributed by atoms with van der Waals surface area (Å²) in [7, 11) is -4.55. The van der Waals surface area contributed by atoms with E-state index in [1.54, 1.807) is 30.3 Å². The van der Waals surface area contributed by atoms with Crippen molar-refractivity contribution in [2.24, 2.45) is 0 Å². The fraction of sp³-hybridized carbons (Fsp3) is 0.400. The molecule has 7 heteroatoms. The summed E-state index contributed by atoms with van der Waals surface area (Å²) in [5.74, 6) is -0.495. The Kier molecular flexibility index (Phi) is 10.4. The third-order valence-corrected chi connectivity index (χ3v) is 5.08. The van der Waals surface area contributed by atoms with Crippen LogP contribution in [0, 0.1) is 0 Å². The summed E-state index contributed by atoms with van der Waals surface area (Å²) in [6.45, 7) is 2.16. The van der Waals surface area contributed by atoms with Gasteiger partial charge in [-0.3, -0.25) is 4.55 Å². The van der Waals surface area contributed by atoms with Gasteiger partial charge in [-0.05, 0) is 31.0 Å². The fourth-order valence-electron chi connectivity index (χ4n) is 2.78. The second kappa shape index (κ2) is 11.7. The first kappa shape index (κ1) is 24.0. The van der Waals surface area contributed by atoms with Gasteiger partial charge in [-0.25, -0.2) is 0 Å². The Morgan fingerprint density at radius 2 is 1.59 bits per heavy atom. The van der Waals surface area contributed by atoms with Gasteiger partial charge in [0.25, 0.3) is 10.1 Å². The van der Waals surface area contributed by atoms with Gasteiger partial charge in [0, 0.05) is 0 Å². The van der Waals surface area contributed by atoms with Crippen LogP contribution in [0.15, 0.2) is 47.4 Å². The van der Waals surface area contributed by atoms with E-state index in [2.05, 4.69) is 6.92 Å². The molecule has 0 aliphatic heterocycles. The van der Waals surface area contributed by atoms with Crippen molar-refractivity contribution in [2.75, 3.05) is 0 Å². The number of hydrogen-bond donors (Lipinski definition) is 1. The number of hydrogen-bond acceptors (Lipinski definition) is 4. The quantitative estimate of drug-likeness (QED) is 0.373. The van der Waals surface area contributed by atoms with Crippen LogP contribution in [0.4, 0.5) is 0 Å². The van der Waals surface area contributed by atoms with Gasteiger partial charge in [0.1, 0.15) is 16.4 Å². The van der Waals surface area contributed by atoms with E-state index in [1.807, 2.05) is 0 Å². The van der Waals surface area contributed by atoms with Crippen LogP contribution in [-0.2, 0) is 16.5 Å². The molecule has 2 aromatic carbocycles. The number of ether oxygens (including phenoxy) is 1. The molecule has 0 atom stereocenters. The zero-order valence-corrected chi connectivity index (χ0v) is 18.8. The summed E-state index contributed by atoms with van der Waals surface area (Å²) in [5, 5.41) is 12.7. The maximum absolute atomic E-state index is 12.7. The number of benzene rings is 2. The van der Waals surface area contributed by atoms with Crippen LogP contribution in [0.3, 0.4) is 0 Å². The molecule has 142 valence electrons. The molecule has 0 saturated heterocycles. The van der Waals surface area contributed by atoms with E-state index in [-0.39, 0.29) is 35.3 Å². The Morgan fingerprint density at radius 3 is 2.22 bits per heavy atom. The van der Waals surface area contributed by atoms with E-state index in [0.29, 0.717) is 17.7 Å². The Hall–Kier alpha value is -1.05. The van der Waals surface area contributed by atoms with Crippen molar-refractivity contribution in [1.29, 1.82) is 0 Å². The van der Waals surface area contributed by atoms with Crippen molar-refractivity contribution in [1.82, 2.24) is 0 Å². The zero-order chi connectivity index (χ0) is 19.0. The number of para-hydroxylation sites is 1. The first-order chi connectivity index (χ1) is 12.4. The Balaban J connectivity index is 0.00000364. The Morgan fingerprint density at radius 1 is 0.963 bits per heavy atom. The summed E-state index contributed by atoms with van der Waals surface area (Å²) >= 11 is 0. The van der Waals surface area contributed by atoms with Crippen LogP contribution < -0.4 is 39.4 Å². The molecule has 5 nitrogen and oxygen atoms in total. The van der Waals surface area contributed by atoms with E-state index in [1.165, 1.54) is 31.4 Å². The molecule has 0 unspecified atom stereocenters. The minimum Gasteiger partial charge on any atom is -0.870 e. The van der Waals surface area contributed by atoms with Crippen LogP contribution in [0.1, 0.15) is 51.0 Å². The topological polar surface area (TPSA) is 86.7 Å². The fourth-order valence-corrected chi connectivity index (χ4v) is 3.39. The van der Waals surface area contributed by atoms with E-state index in [9.17, 15) is 18.1 Å². The molecule has 0 aromatic heterocycles. The molecule has 0 radical (unpaired) electrons. The predicted octanol–water partition coefficient (Wildman–Crippen LogP) is 1.71. The van der Waals surface area contributed by atoms with Crippen molar-refractivity contribution in [3.63, 3.8) is 0 Å². The SMILES string of the molecule is CCCCCCCCc1ccc(S(=O)(=O)O)c(Oc2ccccc2)c1[O-].[Na+]. The third kappa shape index (κ3) is 7.47. The molecule has 0 aliphatic rings. The van der Waals surface area contributed by atoms with Gasteiger partial charge < -0.3 is 9.84 Å². The molecule has 0 amide bonds. The normalized spacial score (nSPS) is 11.0. The van der Waals surface area contributed by atoms with Gasteiger partial charge in [-0.15, -0.1) is 0 Å². The van der Waals surface area contributed by atoms with Crippen LogP contribution in [0.2, 0.25) is 0 Å². The summed E-state index contributed by atoms with van der Waals surface area (Å²) in [6, 6.07) is 11.2. The second-order valence-corrected chi connectivity index (χ2v) is 7.68. The first-order valence-electron chi connectivity index (χ1n) is 8.96. The minimum atomic E-state index is -4.55. The molecule has 0 saturated carbocycles. The van der Waals surface area contributed by atoms with Crippen LogP contribution in [0.25, 0.3) is 0 Å². The van der Waals surface area contributed by atoms with Crippen LogP contribution >= 0.6 is 0 Å². The Bertz CT molecular complexity index is 807. The van der Waals surface area contributed by atoms with E-state index in [0.717, 1.165) is 19.3 Å². The molecule has 0 fully saturated rings. The number of rotatable bonds is 10. The summed E-state index contributed by atoms with van der Waals surface area (Å²) in [4.78, 5) is -0.502. The first-order valence-corrected chi connectivity index (χ1v) is 10.4. The predicted molar refractivity (Wildman–Crippen MR) is 99.3 cm³/mol. The van der Waals surface area contributed by atoms with Crippen molar-refractivity contribution in [3.05, 3.63) is 48.0 Å². The number of aryl methyl sites for hydroxylation is 1. The summed E-state index contributed by atoms with van der Waals surface area (Å²) < 4.78 is 38.1. The second-order valence-electron chi connectivity index (χ2n) is 6.29. The molecule has 0 aliphatic carbocycles. The molecule has 0 spiro atoms. The van der Waals surface area contributed by atoms with E-state index >= 15 is 0 Å². The third-order valence-electron chi connectivity index (χ3n) is 4.20. The average Bonchev–Trinajstić information content (AvgIpc) is 2.60. The van der Waals surface area contributed by atoms with Gasteiger partial charge in [-0.1, -0.05) is 74.6 Å². The van der Waals surface area contributed by atoms with Gasteiger partial charge in [0.15, 0.2) is 0 Å². The smallest absolute Gasteiger partial charge is 0.870 e. The molecule has 2 aromatic rings. The molecule has 27 heavy (non-hydrogen) atoms. The van der Waals surface area contributed by atoms with Crippen LogP contribution in [0.5, 0.6) is 17.2 Å².